The van der Waals surface area contributed by atoms with Crippen molar-refractivity contribution in [2.75, 3.05) is 0 Å². The van der Waals surface area contributed by atoms with Crippen molar-refractivity contribution >= 4 is 88.3 Å². The Hall–Kier alpha value is -7.90. The molecule has 0 atom stereocenters. The first-order valence-corrected chi connectivity index (χ1v) is 19.7. The van der Waals surface area contributed by atoms with E-state index in [4.69, 9.17) is 9.97 Å². The van der Waals surface area contributed by atoms with Crippen molar-refractivity contribution in [2.24, 2.45) is 0 Å². The van der Waals surface area contributed by atoms with E-state index in [-0.39, 0.29) is 0 Å². The minimum atomic E-state index is 0.769. The molecule has 0 radical (unpaired) electrons. The molecular weight excluding hydrogens is 711 g/mol. The Labute approximate surface area is 331 Å². The van der Waals surface area contributed by atoms with Crippen LogP contribution in [0.3, 0.4) is 0 Å². The van der Waals surface area contributed by atoms with Crippen molar-refractivity contribution in [2.45, 2.75) is 6.92 Å². The fourth-order valence-corrected chi connectivity index (χ4v) is 9.48. The molecule has 0 saturated carbocycles. The van der Waals surface area contributed by atoms with Gasteiger partial charge in [-0.2, -0.15) is 0 Å². The van der Waals surface area contributed by atoms with Crippen LogP contribution in [0.1, 0.15) is 5.56 Å². The molecule has 0 amide bonds. The summed E-state index contributed by atoms with van der Waals surface area (Å²) >= 11 is 0. The van der Waals surface area contributed by atoms with Crippen LogP contribution in [0, 0.1) is 6.92 Å². The zero-order chi connectivity index (χ0) is 38.1. The summed E-state index contributed by atoms with van der Waals surface area (Å²) in [6.07, 6.45) is 0. The van der Waals surface area contributed by atoms with E-state index in [9.17, 15) is 0 Å². The van der Waals surface area contributed by atoms with Gasteiger partial charge >= 0.3 is 0 Å². The number of para-hydroxylation sites is 7. The number of hydrogen-bond acceptors (Lipinski definition) is 2. The highest BCUT2D eigenvalue weighted by Gasteiger charge is 2.21. The lowest BCUT2D eigenvalue weighted by Gasteiger charge is -2.12. The van der Waals surface area contributed by atoms with Crippen molar-refractivity contribution in [1.82, 2.24) is 32.5 Å². The number of fused-ring (bicyclic) bond motifs is 15. The molecule has 0 aliphatic carbocycles. The average molecular weight is 744 g/mol. The van der Waals surface area contributed by atoms with Gasteiger partial charge in [-0.1, -0.05) is 96.6 Å². The minimum Gasteiger partial charge on any atom is -0.309 e. The van der Waals surface area contributed by atoms with Gasteiger partial charge in [0.25, 0.3) is 0 Å². The summed E-state index contributed by atoms with van der Waals surface area (Å²) in [6.45, 7) is 2.16. The number of aryl methyl sites for hydroxylation is 1. The van der Waals surface area contributed by atoms with Gasteiger partial charge in [-0.25, -0.2) is 14.5 Å². The van der Waals surface area contributed by atoms with Crippen LogP contribution >= 0.6 is 0 Å². The van der Waals surface area contributed by atoms with Gasteiger partial charge in [0.1, 0.15) is 0 Å². The maximum Gasteiger partial charge on any atom is 0.223 e. The topological polar surface area (TPSA) is 49.4 Å². The van der Waals surface area contributed by atoms with Crippen LogP contribution in [-0.4, -0.2) is 32.5 Å². The summed E-state index contributed by atoms with van der Waals surface area (Å²) < 4.78 is 11.6. The summed E-state index contributed by atoms with van der Waals surface area (Å²) in [5.41, 5.74) is 14.9. The Morgan fingerprint density at radius 2 is 0.759 bits per heavy atom. The molecule has 272 valence electrons. The standard InChI is InChI=1S/C51H33N7/c1-32-25-27-45-39(29-32)38-17-4-9-22-44(38)54(45)33-13-12-14-34(30-33)56-50-52-40-18-5-10-23-46(40)57(50)48-28-26-35(31-49(48)58-47-24-11-6-19-41(47)53-51(56)58)55-42-20-7-2-15-36(42)37-16-3-8-21-43(37)55/h2-31H,1H3. The highest BCUT2D eigenvalue weighted by atomic mass is 15.3. The monoisotopic (exact) mass is 743 g/mol. The lowest BCUT2D eigenvalue weighted by molar-refractivity contribution is 1.02. The van der Waals surface area contributed by atoms with Gasteiger partial charge in [0.05, 0.1) is 60.9 Å². The van der Waals surface area contributed by atoms with Gasteiger partial charge in [0.2, 0.25) is 11.6 Å². The van der Waals surface area contributed by atoms with Gasteiger partial charge < -0.3 is 9.13 Å². The molecule has 5 heterocycles. The minimum absolute atomic E-state index is 0.769. The number of benzene rings is 8. The molecule has 5 aromatic heterocycles. The predicted molar refractivity (Wildman–Crippen MR) is 238 cm³/mol. The molecule has 0 N–H and O–H groups in total. The number of aromatic nitrogens is 7. The first-order chi connectivity index (χ1) is 28.7. The lowest BCUT2D eigenvalue weighted by atomic mass is 10.1. The quantitative estimate of drug-likeness (QED) is 0.181. The van der Waals surface area contributed by atoms with Crippen LogP contribution in [0.5, 0.6) is 0 Å². The molecular formula is C51H33N7. The molecule has 7 nitrogen and oxygen atoms in total. The number of imidazole rings is 2. The fourth-order valence-electron chi connectivity index (χ4n) is 9.48. The lowest BCUT2D eigenvalue weighted by Crippen LogP contribution is -2.03. The second kappa shape index (κ2) is 11.6. The van der Waals surface area contributed by atoms with Gasteiger partial charge in [-0.3, -0.25) is 8.80 Å². The van der Waals surface area contributed by atoms with Crippen molar-refractivity contribution in [3.8, 4) is 17.1 Å². The average Bonchev–Trinajstić information content (AvgIpc) is 4.00. The van der Waals surface area contributed by atoms with E-state index in [0.717, 1.165) is 61.7 Å². The first kappa shape index (κ1) is 31.3. The van der Waals surface area contributed by atoms with Crippen LogP contribution in [0.2, 0.25) is 0 Å². The smallest absolute Gasteiger partial charge is 0.223 e. The summed E-state index contributed by atoms with van der Waals surface area (Å²) in [4.78, 5) is 10.9. The van der Waals surface area contributed by atoms with Crippen molar-refractivity contribution < 1.29 is 0 Å². The fraction of sp³-hybridized carbons (Fsp3) is 0.0196. The van der Waals surface area contributed by atoms with Crippen LogP contribution < -0.4 is 0 Å². The molecule has 0 spiro atoms. The Morgan fingerprint density at radius 3 is 1.36 bits per heavy atom. The highest BCUT2D eigenvalue weighted by Crippen LogP contribution is 2.37. The van der Waals surface area contributed by atoms with Crippen LogP contribution in [0.15, 0.2) is 182 Å². The molecule has 0 aliphatic rings. The zero-order valence-corrected chi connectivity index (χ0v) is 31.5. The number of nitrogens with zero attached hydrogens (tertiary/aromatic N) is 7. The normalized spacial score (nSPS) is 12.2. The predicted octanol–water partition coefficient (Wildman–Crippen LogP) is 12.3. The summed E-state index contributed by atoms with van der Waals surface area (Å²) in [5, 5.41) is 4.94. The highest BCUT2D eigenvalue weighted by molar-refractivity contribution is 6.10. The molecule has 0 fully saturated rings. The van der Waals surface area contributed by atoms with Gasteiger partial charge in [-0.05, 0) is 97.9 Å². The molecule has 7 heteroatoms. The molecule has 13 rings (SSSR count). The molecule has 0 saturated heterocycles. The van der Waals surface area contributed by atoms with Crippen LogP contribution in [0.25, 0.3) is 105 Å². The summed E-state index contributed by atoms with van der Waals surface area (Å²) in [6, 6.07) is 65.3. The third-order valence-electron chi connectivity index (χ3n) is 11.9. The van der Waals surface area contributed by atoms with Crippen LogP contribution in [0.4, 0.5) is 0 Å². The third kappa shape index (κ3) is 4.22. The van der Waals surface area contributed by atoms with Gasteiger partial charge in [-0.15, -0.1) is 0 Å². The largest absolute Gasteiger partial charge is 0.309 e. The molecule has 8 aromatic carbocycles. The van der Waals surface area contributed by atoms with E-state index >= 15 is 0 Å². The molecule has 0 unspecified atom stereocenters. The maximum absolute atomic E-state index is 5.46. The van der Waals surface area contributed by atoms with Crippen molar-refractivity contribution in [3.05, 3.63) is 188 Å². The first-order valence-electron chi connectivity index (χ1n) is 19.7. The van der Waals surface area contributed by atoms with E-state index in [0.29, 0.717) is 0 Å². The van der Waals surface area contributed by atoms with E-state index < -0.39 is 0 Å². The Morgan fingerprint density at radius 1 is 0.310 bits per heavy atom. The van der Waals surface area contributed by atoms with Gasteiger partial charge in [0, 0.05) is 32.9 Å². The molecule has 0 aliphatic heterocycles. The Bertz CT molecular complexity index is 3830. The molecule has 0 bridgehead atoms. The second-order valence-electron chi connectivity index (χ2n) is 15.2. The van der Waals surface area contributed by atoms with E-state index in [2.05, 4.69) is 211 Å². The van der Waals surface area contributed by atoms with E-state index in [1.54, 1.807) is 0 Å². The van der Waals surface area contributed by atoms with E-state index in [1.165, 1.54) is 49.2 Å². The second-order valence-corrected chi connectivity index (χ2v) is 15.2. The van der Waals surface area contributed by atoms with Crippen molar-refractivity contribution in [3.63, 3.8) is 0 Å². The van der Waals surface area contributed by atoms with Gasteiger partial charge in [0.15, 0.2) is 0 Å². The summed E-state index contributed by atoms with van der Waals surface area (Å²) in [5.74, 6) is 1.54. The molecule has 58 heavy (non-hydrogen) atoms. The Kier molecular flexibility index (Phi) is 6.25. The third-order valence-corrected chi connectivity index (χ3v) is 11.9. The molecule has 13 aromatic rings. The number of rotatable bonds is 3. The van der Waals surface area contributed by atoms with Crippen molar-refractivity contribution in [1.29, 1.82) is 0 Å². The number of hydrogen-bond donors (Lipinski definition) is 0. The van der Waals surface area contributed by atoms with Crippen LogP contribution in [-0.2, 0) is 0 Å². The van der Waals surface area contributed by atoms with E-state index in [1.807, 2.05) is 0 Å². The SMILES string of the molecule is Cc1ccc2c(c1)c1ccccc1n2-c1cccc(-n2c3nc4ccccc4n3c3ccc(-n4c5ccccc5c5ccccc54)cc3n3c4ccccc4nc23)c1. The summed E-state index contributed by atoms with van der Waals surface area (Å²) in [7, 11) is 0. The zero-order valence-electron chi connectivity index (χ0n) is 31.5. The Balaban J connectivity index is 1.19. The maximum atomic E-state index is 5.46.